The first-order chi connectivity index (χ1) is 18.4. The normalized spacial score (nSPS) is 14.3. The van der Waals surface area contributed by atoms with Crippen molar-refractivity contribution in [1.82, 2.24) is 25.8 Å². The average molecular weight is 513 g/mol. The Morgan fingerprint density at radius 3 is 2.67 bits per heavy atom. The van der Waals surface area contributed by atoms with Gasteiger partial charge in [-0.3, -0.25) is 14.4 Å². The van der Waals surface area contributed by atoms with E-state index in [1.165, 1.54) is 30.7 Å². The van der Waals surface area contributed by atoms with E-state index in [9.17, 15) is 14.4 Å². The Morgan fingerprint density at radius 2 is 1.97 bits per heavy atom. The molecule has 0 unspecified atom stereocenters. The number of carbonyl (C=O) groups excluding carboxylic acids is 3. The molecule has 3 amide bonds. The van der Waals surface area contributed by atoms with E-state index < -0.39 is 12.9 Å². The zero-order chi connectivity index (χ0) is 28.3. The minimum Gasteiger partial charge on any atom is -0.494 e. The number of nitrogens with one attached hydrogen (secondary N) is 4. The molecule has 1 aromatic carbocycles. The molecule has 1 aliphatic rings. The van der Waals surface area contributed by atoms with E-state index in [-0.39, 0.29) is 41.0 Å². The molecule has 188 valence electrons. The predicted molar refractivity (Wildman–Crippen MR) is 137 cm³/mol. The second-order valence-corrected chi connectivity index (χ2v) is 9.41. The summed E-state index contributed by atoms with van der Waals surface area (Å²) in [6, 6.07) is 6.53. The fourth-order valence-electron chi connectivity index (χ4n) is 3.35. The summed E-state index contributed by atoms with van der Waals surface area (Å²) >= 11 is 1.19. The molecule has 0 spiro atoms. The fraction of sp³-hybridized carbons (Fsp3) is 0.333. The number of hydrogen-bond acceptors (Lipinski definition) is 9. The number of benzene rings is 1. The first-order valence-corrected chi connectivity index (χ1v) is 12.0. The largest absolute Gasteiger partial charge is 0.494 e. The summed E-state index contributed by atoms with van der Waals surface area (Å²) in [6.07, 6.45) is 3.05. The minimum atomic E-state index is -2.75. The molecule has 0 aliphatic heterocycles. The third-order valence-electron chi connectivity index (χ3n) is 5.19. The van der Waals surface area contributed by atoms with E-state index in [4.69, 9.17) is 8.85 Å². The molecule has 36 heavy (non-hydrogen) atoms. The molecule has 2 heterocycles. The number of aromatic nitrogens is 3. The van der Waals surface area contributed by atoms with Gasteiger partial charge in [0.2, 0.25) is 5.91 Å². The highest BCUT2D eigenvalue weighted by atomic mass is 32.1. The van der Waals surface area contributed by atoms with Gasteiger partial charge in [-0.25, -0.2) is 4.98 Å². The maximum absolute atomic E-state index is 12.7. The van der Waals surface area contributed by atoms with E-state index >= 15 is 0 Å². The molecule has 4 N–H and O–H groups in total. The van der Waals surface area contributed by atoms with Crippen molar-refractivity contribution in [3.05, 3.63) is 41.0 Å². The maximum Gasteiger partial charge on any atom is 0.273 e. The highest BCUT2D eigenvalue weighted by molar-refractivity contribution is 7.17. The number of methoxy groups -OCH3 is 1. The van der Waals surface area contributed by atoms with Gasteiger partial charge < -0.3 is 26.0 Å². The molecule has 0 bridgehead atoms. The van der Waals surface area contributed by atoms with Crippen LogP contribution in [0.5, 0.6) is 5.75 Å². The van der Waals surface area contributed by atoms with E-state index in [0.717, 1.165) is 12.8 Å². The van der Waals surface area contributed by atoms with Gasteiger partial charge in [0.25, 0.3) is 11.8 Å². The highest BCUT2D eigenvalue weighted by Gasteiger charge is 2.30. The highest BCUT2D eigenvalue weighted by Crippen LogP contribution is 2.40. The van der Waals surface area contributed by atoms with Gasteiger partial charge in [0.05, 0.1) is 30.2 Å². The van der Waals surface area contributed by atoms with E-state index in [1.54, 1.807) is 18.2 Å². The summed E-state index contributed by atoms with van der Waals surface area (Å²) in [5.74, 6) is -1.09. The molecular formula is C24H27N7O4S. The van der Waals surface area contributed by atoms with Gasteiger partial charge in [-0.2, -0.15) is 0 Å². The van der Waals surface area contributed by atoms with Crippen molar-refractivity contribution < 1.29 is 23.2 Å². The second-order valence-electron chi connectivity index (χ2n) is 8.38. The van der Waals surface area contributed by atoms with Crippen molar-refractivity contribution in [2.75, 3.05) is 24.7 Å². The van der Waals surface area contributed by atoms with Crippen molar-refractivity contribution in [3.8, 4) is 16.3 Å². The van der Waals surface area contributed by atoms with E-state index in [1.807, 2.05) is 19.2 Å². The third kappa shape index (κ3) is 5.60. The number of ether oxygens (including phenoxy) is 1. The SMILES string of the molecule is [2H]C([2H])([2H])NC(=O)c1nnc(NC(=O)C2CC2)cc1Nc1cccc(-c2ncc(C(=O)NC(C)C)s2)c1OC. The Bertz CT molecular complexity index is 1410. The summed E-state index contributed by atoms with van der Waals surface area (Å²) in [6.45, 7) is 0.972. The van der Waals surface area contributed by atoms with Crippen LogP contribution in [0.1, 0.15) is 51.0 Å². The van der Waals surface area contributed by atoms with Crippen LogP contribution in [-0.2, 0) is 4.79 Å². The van der Waals surface area contributed by atoms with Crippen molar-refractivity contribution in [1.29, 1.82) is 0 Å². The van der Waals surface area contributed by atoms with E-state index in [0.29, 0.717) is 26.9 Å². The Hall–Kier alpha value is -4.06. The second kappa shape index (κ2) is 10.7. The van der Waals surface area contributed by atoms with Crippen molar-refractivity contribution in [2.45, 2.75) is 32.7 Å². The number of rotatable bonds is 9. The Balaban J connectivity index is 1.69. The van der Waals surface area contributed by atoms with Crippen molar-refractivity contribution in [2.24, 2.45) is 5.92 Å². The van der Waals surface area contributed by atoms with Gasteiger partial charge in [-0.15, -0.1) is 21.5 Å². The number of hydrogen-bond donors (Lipinski definition) is 4. The summed E-state index contributed by atoms with van der Waals surface area (Å²) in [5.41, 5.74) is 0.761. The molecular weight excluding hydrogens is 482 g/mol. The number of anilines is 3. The lowest BCUT2D eigenvalue weighted by atomic mass is 10.1. The van der Waals surface area contributed by atoms with Crippen LogP contribution in [0.3, 0.4) is 0 Å². The van der Waals surface area contributed by atoms with Crippen LogP contribution in [-0.4, -0.2) is 53.0 Å². The summed E-state index contributed by atoms with van der Waals surface area (Å²) in [4.78, 5) is 42.2. The molecule has 1 aliphatic carbocycles. The molecule has 4 rings (SSSR count). The molecule has 12 heteroatoms. The summed E-state index contributed by atoms with van der Waals surface area (Å²) < 4.78 is 27.8. The molecule has 0 atom stereocenters. The molecule has 1 fully saturated rings. The average Bonchev–Trinajstić information content (AvgIpc) is 3.59. The van der Waals surface area contributed by atoms with E-state index in [2.05, 4.69) is 31.1 Å². The van der Waals surface area contributed by atoms with Crippen LogP contribution in [0.4, 0.5) is 17.2 Å². The minimum absolute atomic E-state index is 0.0326. The number of para-hydroxylation sites is 1. The predicted octanol–water partition coefficient (Wildman–Crippen LogP) is 3.20. The van der Waals surface area contributed by atoms with Gasteiger partial charge in [0.15, 0.2) is 17.3 Å². The van der Waals surface area contributed by atoms with Gasteiger partial charge in [-0.1, -0.05) is 6.07 Å². The van der Waals surface area contributed by atoms with Gasteiger partial charge >= 0.3 is 0 Å². The van der Waals surface area contributed by atoms with Gasteiger partial charge in [-0.05, 0) is 38.8 Å². The molecule has 11 nitrogen and oxygen atoms in total. The molecule has 0 radical (unpaired) electrons. The lowest BCUT2D eigenvalue weighted by Crippen LogP contribution is -2.29. The zero-order valence-corrected chi connectivity index (χ0v) is 20.7. The zero-order valence-electron chi connectivity index (χ0n) is 22.8. The van der Waals surface area contributed by atoms with Gasteiger partial charge in [0, 0.05) is 29.1 Å². The molecule has 2 aromatic heterocycles. The monoisotopic (exact) mass is 512 g/mol. The van der Waals surface area contributed by atoms with Crippen LogP contribution < -0.4 is 26.0 Å². The number of nitrogens with zero attached hydrogens (tertiary/aromatic N) is 3. The van der Waals surface area contributed by atoms with Crippen LogP contribution in [0.25, 0.3) is 10.6 Å². The Labute approximate surface area is 216 Å². The summed E-state index contributed by atoms with van der Waals surface area (Å²) in [5, 5.41) is 18.7. The number of amides is 3. The number of thiazole rings is 1. The lowest BCUT2D eigenvalue weighted by Gasteiger charge is -2.16. The van der Waals surface area contributed by atoms with Crippen molar-refractivity contribution >= 4 is 46.3 Å². The van der Waals surface area contributed by atoms with Crippen LogP contribution in [0.2, 0.25) is 0 Å². The van der Waals surface area contributed by atoms with Crippen LogP contribution >= 0.6 is 11.3 Å². The molecule has 3 aromatic rings. The Kier molecular flexibility index (Phi) is 6.31. The third-order valence-corrected chi connectivity index (χ3v) is 6.22. The maximum atomic E-state index is 12.7. The first-order valence-electron chi connectivity index (χ1n) is 12.7. The quantitative estimate of drug-likeness (QED) is 0.342. The fourth-order valence-corrected chi connectivity index (χ4v) is 4.20. The van der Waals surface area contributed by atoms with Crippen molar-refractivity contribution in [3.63, 3.8) is 0 Å². The van der Waals surface area contributed by atoms with Gasteiger partial charge in [0.1, 0.15) is 9.88 Å². The first kappa shape index (κ1) is 21.2. The number of carbonyl (C=O) groups is 3. The van der Waals surface area contributed by atoms with Crippen LogP contribution in [0, 0.1) is 5.92 Å². The topological polar surface area (TPSA) is 147 Å². The molecule has 0 saturated heterocycles. The van der Waals surface area contributed by atoms with Crippen LogP contribution in [0.15, 0.2) is 30.5 Å². The Morgan fingerprint density at radius 1 is 1.17 bits per heavy atom. The molecule has 1 saturated carbocycles. The smallest absolute Gasteiger partial charge is 0.273 e. The standard InChI is InChI=1S/C24H27N7O4S/c1-12(2)27-22(33)17-11-26-24(36-17)14-6-5-7-15(20(14)35-4)28-16-10-18(29-21(32)13-8-9-13)30-31-19(16)23(34)25-3/h5-7,10-13H,8-9H2,1-4H3,(H,25,34)(H,27,33)(H2,28,29,30,32)/i3D3. The lowest BCUT2D eigenvalue weighted by molar-refractivity contribution is -0.117. The summed E-state index contributed by atoms with van der Waals surface area (Å²) in [7, 11) is 1.46.